The lowest BCUT2D eigenvalue weighted by molar-refractivity contribution is -0.131. The number of carbonyl (C=O) groups is 2. The average Bonchev–Trinajstić information content (AvgIpc) is 2.76. The van der Waals surface area contributed by atoms with Crippen LogP contribution in [0.15, 0.2) is 15.3 Å². The van der Waals surface area contributed by atoms with E-state index in [2.05, 4.69) is 10.6 Å². The number of hydrogen-bond donors (Lipinski definition) is 2. The molecule has 2 heterocycles. The van der Waals surface area contributed by atoms with E-state index in [-0.39, 0.29) is 24.0 Å². The second-order valence-corrected chi connectivity index (χ2v) is 10.8. The lowest BCUT2D eigenvalue weighted by Crippen LogP contribution is -2.51. The van der Waals surface area contributed by atoms with Gasteiger partial charge >= 0.3 is 5.63 Å². The third-order valence-corrected chi connectivity index (χ3v) is 6.42. The number of aryl methyl sites for hydroxylation is 2. The Bertz CT molecular complexity index is 1180. The standard InChI is InChI=1S/C27H38N2O6/c1-14(2)12-28-25(31)23(15(3)4)29-21(30)13-33-20-11-19-18(9-10-27(7,8)35-19)24-22(20)16(5)17(6)26(32)34-24/h11,14-15,23H,9-10,12-13H2,1-8H3,(H,28,31)(H,29,30)/t23-/m1/s1. The molecular formula is C27H38N2O6. The molecule has 192 valence electrons. The molecule has 3 rings (SSSR count). The van der Waals surface area contributed by atoms with Crippen LogP contribution in [0, 0.1) is 25.7 Å². The molecular weight excluding hydrogens is 448 g/mol. The van der Waals surface area contributed by atoms with Gasteiger partial charge in [-0.15, -0.1) is 0 Å². The summed E-state index contributed by atoms with van der Waals surface area (Å²) in [6.45, 7) is 15.6. The topological polar surface area (TPSA) is 107 Å². The predicted octanol–water partition coefficient (Wildman–Crippen LogP) is 3.81. The van der Waals surface area contributed by atoms with Gasteiger partial charge in [-0.25, -0.2) is 4.79 Å². The largest absolute Gasteiger partial charge is 0.487 e. The number of amides is 2. The van der Waals surface area contributed by atoms with Gasteiger partial charge in [-0.2, -0.15) is 0 Å². The Labute approximate surface area is 206 Å². The van der Waals surface area contributed by atoms with E-state index in [4.69, 9.17) is 13.9 Å². The molecule has 0 radical (unpaired) electrons. The summed E-state index contributed by atoms with van der Waals surface area (Å²) in [6, 6.07) is 1.10. The van der Waals surface area contributed by atoms with Crippen molar-refractivity contribution >= 4 is 22.8 Å². The minimum absolute atomic E-state index is 0.0921. The van der Waals surface area contributed by atoms with Gasteiger partial charge in [0.25, 0.3) is 5.91 Å². The van der Waals surface area contributed by atoms with Crippen molar-refractivity contribution in [1.82, 2.24) is 10.6 Å². The van der Waals surface area contributed by atoms with E-state index in [0.717, 1.165) is 17.5 Å². The number of rotatable bonds is 8. The Kier molecular flexibility index (Phi) is 7.82. The molecule has 1 aliphatic heterocycles. The van der Waals surface area contributed by atoms with Gasteiger partial charge in [-0.05, 0) is 57.9 Å². The predicted molar refractivity (Wildman–Crippen MR) is 135 cm³/mol. The third-order valence-electron chi connectivity index (χ3n) is 6.42. The Hall–Kier alpha value is -3.03. The van der Waals surface area contributed by atoms with Gasteiger partial charge in [-0.3, -0.25) is 9.59 Å². The summed E-state index contributed by atoms with van der Waals surface area (Å²) in [6.07, 6.45) is 1.48. The van der Waals surface area contributed by atoms with Gasteiger partial charge in [0.1, 0.15) is 28.7 Å². The zero-order valence-corrected chi connectivity index (χ0v) is 22.1. The maximum atomic E-state index is 12.8. The Morgan fingerprint density at radius 3 is 2.46 bits per heavy atom. The molecule has 0 spiro atoms. The van der Waals surface area contributed by atoms with Crippen LogP contribution in [0.1, 0.15) is 64.7 Å². The van der Waals surface area contributed by atoms with Crippen molar-refractivity contribution in [2.75, 3.05) is 13.2 Å². The van der Waals surface area contributed by atoms with Crippen LogP contribution in [0.5, 0.6) is 11.5 Å². The van der Waals surface area contributed by atoms with E-state index in [1.54, 1.807) is 13.0 Å². The second kappa shape index (κ2) is 10.3. The van der Waals surface area contributed by atoms with E-state index < -0.39 is 17.6 Å². The van der Waals surface area contributed by atoms with Gasteiger partial charge < -0.3 is 24.5 Å². The number of ether oxygens (including phenoxy) is 2. The fraction of sp³-hybridized carbons (Fsp3) is 0.593. The molecule has 2 N–H and O–H groups in total. The molecule has 2 aromatic rings. The minimum Gasteiger partial charge on any atom is -0.487 e. The number of benzene rings is 1. The number of hydrogen-bond acceptors (Lipinski definition) is 6. The summed E-state index contributed by atoms with van der Waals surface area (Å²) in [5.41, 5.74) is 1.73. The van der Waals surface area contributed by atoms with Crippen molar-refractivity contribution in [3.8, 4) is 11.5 Å². The van der Waals surface area contributed by atoms with Gasteiger partial charge in [-0.1, -0.05) is 27.7 Å². The lowest BCUT2D eigenvalue weighted by Gasteiger charge is -2.33. The Balaban J connectivity index is 1.88. The zero-order chi connectivity index (χ0) is 26.1. The van der Waals surface area contributed by atoms with Crippen molar-refractivity contribution in [3.05, 3.63) is 33.2 Å². The highest BCUT2D eigenvalue weighted by Crippen LogP contribution is 2.43. The summed E-state index contributed by atoms with van der Waals surface area (Å²) in [5.74, 6) is 0.574. The fourth-order valence-corrected chi connectivity index (χ4v) is 4.15. The average molecular weight is 487 g/mol. The van der Waals surface area contributed by atoms with Gasteiger partial charge in [0.15, 0.2) is 6.61 Å². The van der Waals surface area contributed by atoms with Crippen LogP contribution in [0.4, 0.5) is 0 Å². The smallest absolute Gasteiger partial charge is 0.339 e. The molecule has 8 heteroatoms. The summed E-state index contributed by atoms with van der Waals surface area (Å²) in [4.78, 5) is 37.8. The first-order chi connectivity index (χ1) is 16.3. The molecule has 0 unspecified atom stereocenters. The first-order valence-corrected chi connectivity index (χ1v) is 12.3. The van der Waals surface area contributed by atoms with Crippen molar-refractivity contribution in [2.24, 2.45) is 11.8 Å². The summed E-state index contributed by atoms with van der Waals surface area (Å²) in [7, 11) is 0. The van der Waals surface area contributed by atoms with E-state index in [1.165, 1.54) is 0 Å². The van der Waals surface area contributed by atoms with Crippen LogP contribution in [0.25, 0.3) is 11.0 Å². The molecule has 8 nitrogen and oxygen atoms in total. The molecule has 0 saturated carbocycles. The van der Waals surface area contributed by atoms with E-state index >= 15 is 0 Å². The third kappa shape index (κ3) is 5.97. The Morgan fingerprint density at radius 2 is 1.83 bits per heavy atom. The molecule has 0 saturated heterocycles. The summed E-state index contributed by atoms with van der Waals surface area (Å²) >= 11 is 0. The zero-order valence-electron chi connectivity index (χ0n) is 22.1. The van der Waals surface area contributed by atoms with Gasteiger partial charge in [0.05, 0.1) is 5.39 Å². The SMILES string of the molecule is Cc1c(C)c2c(OCC(=O)N[C@@H](C(=O)NCC(C)C)C(C)C)cc3c(c2oc1=O)CCC(C)(C)O3. The van der Waals surface area contributed by atoms with Crippen LogP contribution in [-0.2, 0) is 16.0 Å². The highest BCUT2D eigenvalue weighted by atomic mass is 16.5. The minimum atomic E-state index is -0.670. The summed E-state index contributed by atoms with van der Waals surface area (Å²) < 4.78 is 17.8. The molecule has 35 heavy (non-hydrogen) atoms. The molecule has 2 amide bonds. The monoisotopic (exact) mass is 486 g/mol. The van der Waals surface area contributed by atoms with Crippen molar-refractivity contribution in [3.63, 3.8) is 0 Å². The van der Waals surface area contributed by atoms with Crippen LogP contribution in [0.2, 0.25) is 0 Å². The first kappa shape index (κ1) is 26.6. The molecule has 1 atom stereocenters. The molecule has 0 aliphatic carbocycles. The lowest BCUT2D eigenvalue weighted by atomic mass is 9.92. The van der Waals surface area contributed by atoms with Crippen LogP contribution in [-0.4, -0.2) is 36.6 Å². The Morgan fingerprint density at radius 1 is 1.14 bits per heavy atom. The maximum Gasteiger partial charge on any atom is 0.339 e. The van der Waals surface area contributed by atoms with Crippen LogP contribution in [0.3, 0.4) is 0 Å². The normalized spacial score (nSPS) is 15.5. The van der Waals surface area contributed by atoms with Crippen molar-refractivity contribution in [2.45, 2.75) is 79.9 Å². The van der Waals surface area contributed by atoms with E-state index in [1.807, 2.05) is 48.5 Å². The second-order valence-electron chi connectivity index (χ2n) is 10.8. The fourth-order valence-electron chi connectivity index (χ4n) is 4.15. The van der Waals surface area contributed by atoms with Gasteiger partial charge in [0, 0.05) is 23.7 Å². The highest BCUT2D eigenvalue weighted by Gasteiger charge is 2.31. The van der Waals surface area contributed by atoms with E-state index in [9.17, 15) is 14.4 Å². The first-order valence-electron chi connectivity index (χ1n) is 12.3. The molecule has 1 aromatic carbocycles. The van der Waals surface area contributed by atoms with Crippen LogP contribution < -0.4 is 25.7 Å². The quantitative estimate of drug-likeness (QED) is 0.550. The highest BCUT2D eigenvalue weighted by molar-refractivity contribution is 5.93. The number of fused-ring (bicyclic) bond motifs is 3. The van der Waals surface area contributed by atoms with E-state index in [0.29, 0.717) is 46.9 Å². The van der Waals surface area contributed by atoms with Crippen molar-refractivity contribution in [1.29, 1.82) is 0 Å². The summed E-state index contributed by atoms with van der Waals surface area (Å²) in [5, 5.41) is 6.32. The molecule has 1 aromatic heterocycles. The number of carbonyl (C=O) groups excluding carboxylic acids is 2. The van der Waals surface area contributed by atoms with Crippen molar-refractivity contribution < 1.29 is 23.5 Å². The molecule has 0 fully saturated rings. The van der Waals surface area contributed by atoms with Gasteiger partial charge in [0.2, 0.25) is 5.91 Å². The number of nitrogens with one attached hydrogen (secondary N) is 2. The van der Waals surface area contributed by atoms with Crippen LogP contribution >= 0.6 is 0 Å². The molecule has 0 bridgehead atoms. The molecule has 1 aliphatic rings. The maximum absolute atomic E-state index is 12.8.